The van der Waals surface area contributed by atoms with E-state index in [0.29, 0.717) is 19.5 Å². The van der Waals surface area contributed by atoms with E-state index < -0.39 is 9.84 Å². The SMILES string of the molecule is O=C([C@H]1CCS(=O)(=O)C1)N1CC=C(c2cccc3ccccc23)CC1. The van der Waals surface area contributed by atoms with Crippen LogP contribution in [0.3, 0.4) is 0 Å². The molecule has 2 aromatic rings. The Balaban J connectivity index is 1.53. The molecule has 0 aromatic heterocycles. The fourth-order valence-electron chi connectivity index (χ4n) is 3.87. The molecule has 4 nitrogen and oxygen atoms in total. The largest absolute Gasteiger partial charge is 0.338 e. The van der Waals surface area contributed by atoms with Crippen LogP contribution in [0, 0.1) is 5.92 Å². The molecule has 0 spiro atoms. The predicted octanol–water partition coefficient (Wildman–Crippen LogP) is 2.89. The molecule has 0 aliphatic carbocycles. The summed E-state index contributed by atoms with van der Waals surface area (Å²) in [6, 6.07) is 14.6. The zero-order chi connectivity index (χ0) is 17.4. The third-order valence-electron chi connectivity index (χ3n) is 5.24. The predicted molar refractivity (Wildman–Crippen MR) is 99.9 cm³/mol. The topological polar surface area (TPSA) is 54.5 Å². The van der Waals surface area contributed by atoms with Crippen LogP contribution >= 0.6 is 0 Å². The summed E-state index contributed by atoms with van der Waals surface area (Å²) in [4.78, 5) is 14.4. The molecule has 1 saturated heterocycles. The van der Waals surface area contributed by atoms with Crippen molar-refractivity contribution in [3.8, 4) is 0 Å². The molecule has 130 valence electrons. The van der Waals surface area contributed by atoms with Gasteiger partial charge in [-0.25, -0.2) is 8.42 Å². The number of fused-ring (bicyclic) bond motifs is 1. The Morgan fingerprint density at radius 2 is 1.88 bits per heavy atom. The average Bonchev–Trinajstić information content (AvgIpc) is 3.01. The van der Waals surface area contributed by atoms with Crippen LogP contribution in [-0.2, 0) is 14.6 Å². The average molecular weight is 355 g/mol. The van der Waals surface area contributed by atoms with Gasteiger partial charge in [-0.15, -0.1) is 0 Å². The van der Waals surface area contributed by atoms with Crippen LogP contribution in [0.25, 0.3) is 16.3 Å². The highest BCUT2D eigenvalue weighted by Crippen LogP contribution is 2.30. The van der Waals surface area contributed by atoms with Crippen molar-refractivity contribution in [3.63, 3.8) is 0 Å². The Labute approximate surface area is 148 Å². The Morgan fingerprint density at radius 1 is 1.08 bits per heavy atom. The van der Waals surface area contributed by atoms with Crippen molar-refractivity contribution >= 4 is 32.1 Å². The van der Waals surface area contributed by atoms with Gasteiger partial charge in [0.2, 0.25) is 5.91 Å². The van der Waals surface area contributed by atoms with Gasteiger partial charge in [0.05, 0.1) is 17.4 Å². The van der Waals surface area contributed by atoms with Crippen LogP contribution in [0.4, 0.5) is 0 Å². The van der Waals surface area contributed by atoms with Crippen LogP contribution in [0.5, 0.6) is 0 Å². The summed E-state index contributed by atoms with van der Waals surface area (Å²) in [6.45, 7) is 1.22. The van der Waals surface area contributed by atoms with E-state index in [2.05, 4.69) is 36.4 Å². The smallest absolute Gasteiger partial charge is 0.227 e. The molecular formula is C20H21NO3S. The lowest BCUT2D eigenvalue weighted by molar-refractivity contribution is -0.134. The summed E-state index contributed by atoms with van der Waals surface area (Å²) >= 11 is 0. The molecule has 1 amide bonds. The van der Waals surface area contributed by atoms with E-state index in [1.54, 1.807) is 4.90 Å². The fraction of sp³-hybridized carbons (Fsp3) is 0.350. The van der Waals surface area contributed by atoms with Crippen LogP contribution in [0.1, 0.15) is 18.4 Å². The van der Waals surface area contributed by atoms with E-state index in [1.807, 2.05) is 12.1 Å². The van der Waals surface area contributed by atoms with Gasteiger partial charge in [0, 0.05) is 13.1 Å². The van der Waals surface area contributed by atoms with E-state index in [0.717, 1.165) is 6.42 Å². The zero-order valence-electron chi connectivity index (χ0n) is 14.0. The highest BCUT2D eigenvalue weighted by Gasteiger charge is 2.35. The van der Waals surface area contributed by atoms with Gasteiger partial charge in [-0.2, -0.15) is 0 Å². The number of carbonyl (C=O) groups is 1. The van der Waals surface area contributed by atoms with Crippen molar-refractivity contribution in [1.82, 2.24) is 4.90 Å². The van der Waals surface area contributed by atoms with Gasteiger partial charge >= 0.3 is 0 Å². The van der Waals surface area contributed by atoms with Gasteiger partial charge in [-0.3, -0.25) is 4.79 Å². The molecule has 0 saturated carbocycles. The molecule has 2 aliphatic heterocycles. The lowest BCUT2D eigenvalue weighted by atomic mass is 9.94. The van der Waals surface area contributed by atoms with E-state index in [4.69, 9.17) is 0 Å². The molecule has 0 N–H and O–H groups in total. The first-order valence-electron chi connectivity index (χ1n) is 8.70. The Bertz CT molecular complexity index is 957. The maximum atomic E-state index is 12.6. The third kappa shape index (κ3) is 3.21. The summed E-state index contributed by atoms with van der Waals surface area (Å²) in [6.07, 6.45) is 3.39. The molecule has 5 heteroatoms. The monoisotopic (exact) mass is 355 g/mol. The zero-order valence-corrected chi connectivity index (χ0v) is 14.8. The standard InChI is InChI=1S/C20H21NO3S/c22-20(17-10-13-25(23,24)14-17)21-11-8-16(9-12-21)19-7-3-5-15-4-1-2-6-18(15)19/h1-8,17H,9-14H2/t17-/m0/s1. The van der Waals surface area contributed by atoms with Crippen molar-refractivity contribution in [3.05, 3.63) is 54.1 Å². The lowest BCUT2D eigenvalue weighted by Gasteiger charge is -2.29. The van der Waals surface area contributed by atoms with Gasteiger partial charge in [-0.05, 0) is 34.8 Å². The van der Waals surface area contributed by atoms with Crippen LogP contribution in [0.15, 0.2) is 48.5 Å². The normalized spacial score (nSPS) is 22.8. The first-order chi connectivity index (χ1) is 12.0. The van der Waals surface area contributed by atoms with Crippen molar-refractivity contribution < 1.29 is 13.2 Å². The summed E-state index contributed by atoms with van der Waals surface area (Å²) in [5, 5.41) is 2.45. The first-order valence-corrected chi connectivity index (χ1v) is 10.5. The van der Waals surface area contributed by atoms with E-state index in [-0.39, 0.29) is 23.3 Å². The maximum Gasteiger partial charge on any atom is 0.227 e. The van der Waals surface area contributed by atoms with Gasteiger partial charge in [0.1, 0.15) is 0 Å². The number of amides is 1. The van der Waals surface area contributed by atoms with Crippen LogP contribution in [0.2, 0.25) is 0 Å². The number of carbonyl (C=O) groups excluding carboxylic acids is 1. The lowest BCUT2D eigenvalue weighted by Crippen LogP contribution is -2.39. The van der Waals surface area contributed by atoms with Gasteiger partial charge in [0.15, 0.2) is 9.84 Å². The van der Waals surface area contributed by atoms with Crippen molar-refractivity contribution in [2.24, 2.45) is 5.92 Å². The Kier molecular flexibility index (Phi) is 4.12. The summed E-state index contributed by atoms with van der Waals surface area (Å²) in [7, 11) is -3.02. The fourth-order valence-corrected chi connectivity index (χ4v) is 5.60. The molecule has 0 bridgehead atoms. The molecule has 0 unspecified atom stereocenters. The van der Waals surface area contributed by atoms with Crippen LogP contribution in [-0.4, -0.2) is 43.8 Å². The summed E-state index contributed by atoms with van der Waals surface area (Å²) in [5.74, 6) is -0.192. The third-order valence-corrected chi connectivity index (χ3v) is 7.01. The molecule has 25 heavy (non-hydrogen) atoms. The number of hydrogen-bond donors (Lipinski definition) is 0. The quantitative estimate of drug-likeness (QED) is 0.832. The first kappa shape index (κ1) is 16.3. The minimum Gasteiger partial charge on any atom is -0.338 e. The molecular weight excluding hydrogens is 334 g/mol. The second-order valence-corrected chi connectivity index (χ2v) is 9.12. The molecule has 2 aliphatic rings. The minimum absolute atomic E-state index is 0.00528. The van der Waals surface area contributed by atoms with E-state index in [9.17, 15) is 13.2 Å². The highest BCUT2D eigenvalue weighted by molar-refractivity contribution is 7.91. The Hall–Kier alpha value is -2.14. The summed E-state index contributed by atoms with van der Waals surface area (Å²) in [5.41, 5.74) is 2.49. The molecule has 4 rings (SSSR count). The van der Waals surface area contributed by atoms with Crippen molar-refractivity contribution in [2.45, 2.75) is 12.8 Å². The maximum absolute atomic E-state index is 12.6. The number of sulfone groups is 1. The van der Waals surface area contributed by atoms with Crippen molar-refractivity contribution in [2.75, 3.05) is 24.6 Å². The van der Waals surface area contributed by atoms with Gasteiger partial charge in [-0.1, -0.05) is 48.5 Å². The van der Waals surface area contributed by atoms with Gasteiger partial charge in [0.25, 0.3) is 0 Å². The second-order valence-electron chi connectivity index (χ2n) is 6.89. The summed E-state index contributed by atoms with van der Waals surface area (Å²) < 4.78 is 23.2. The second kappa shape index (κ2) is 6.30. The molecule has 1 atom stereocenters. The van der Waals surface area contributed by atoms with Crippen molar-refractivity contribution in [1.29, 1.82) is 0 Å². The van der Waals surface area contributed by atoms with Gasteiger partial charge < -0.3 is 4.90 Å². The molecule has 2 heterocycles. The molecule has 0 radical (unpaired) electrons. The number of hydrogen-bond acceptors (Lipinski definition) is 3. The number of benzene rings is 2. The molecule has 2 aromatic carbocycles. The Morgan fingerprint density at radius 3 is 2.60 bits per heavy atom. The minimum atomic E-state index is -3.02. The van der Waals surface area contributed by atoms with E-state index in [1.165, 1.54) is 21.9 Å². The highest BCUT2D eigenvalue weighted by atomic mass is 32.2. The van der Waals surface area contributed by atoms with E-state index >= 15 is 0 Å². The number of nitrogens with zero attached hydrogens (tertiary/aromatic N) is 1. The molecule has 1 fully saturated rings. The van der Waals surface area contributed by atoms with Crippen LogP contribution < -0.4 is 0 Å². The number of rotatable bonds is 2.